The van der Waals surface area contributed by atoms with Gasteiger partial charge in [0.2, 0.25) is 5.91 Å². The van der Waals surface area contributed by atoms with Crippen LogP contribution < -0.4 is 16.4 Å². The molecule has 8 nitrogen and oxygen atoms in total. The number of carbonyl (C=O) groups excluding carboxylic acids is 1. The van der Waals surface area contributed by atoms with Gasteiger partial charge in [-0.3, -0.25) is 4.79 Å². The fourth-order valence-electron chi connectivity index (χ4n) is 5.11. The summed E-state index contributed by atoms with van der Waals surface area (Å²) in [7, 11) is 0. The number of hydrogen-bond donors (Lipinski definition) is 3. The number of amides is 1. The van der Waals surface area contributed by atoms with Gasteiger partial charge in [-0.2, -0.15) is 0 Å². The molecule has 1 saturated carbocycles. The molecule has 1 amide bonds. The molecule has 0 spiro atoms. The van der Waals surface area contributed by atoms with E-state index in [-0.39, 0.29) is 23.9 Å². The van der Waals surface area contributed by atoms with Crippen molar-refractivity contribution < 1.29 is 9.90 Å². The largest absolute Gasteiger partial charge is 0.387 e. The summed E-state index contributed by atoms with van der Waals surface area (Å²) in [5, 5.41) is 14.5. The zero-order chi connectivity index (χ0) is 22.9. The first kappa shape index (κ1) is 24.9. The average molecular weight is 487 g/mol. The van der Waals surface area contributed by atoms with E-state index in [9.17, 15) is 9.90 Å². The van der Waals surface area contributed by atoms with E-state index in [1.165, 1.54) is 12.8 Å². The third-order valence-electron chi connectivity index (χ3n) is 7.22. The number of aliphatic hydroxyl groups excluding tert-OH is 1. The number of benzene rings is 1. The standard InChI is InChI=1S/C25H32ClN5O2.H3N/c1-16-12-21(32)23-22(16)24(29-15-28-23)30-8-10-31(11-9-30)25(33)20(14-27-13-17-2-3-17)18-4-6-19(26)7-5-18;/h4-7,15-17,20-21,27,32H,2-3,8-14H2,1H3;1H3/t16-,20-,21+;/m1./s1. The Kier molecular flexibility index (Phi) is 7.72. The van der Waals surface area contributed by atoms with Gasteiger partial charge in [-0.15, -0.1) is 0 Å². The van der Waals surface area contributed by atoms with E-state index in [4.69, 9.17) is 11.6 Å². The Labute approximate surface area is 206 Å². The van der Waals surface area contributed by atoms with Gasteiger partial charge in [0.05, 0.1) is 17.7 Å². The van der Waals surface area contributed by atoms with Gasteiger partial charge in [0.25, 0.3) is 0 Å². The van der Waals surface area contributed by atoms with Gasteiger partial charge in [0.1, 0.15) is 12.1 Å². The van der Waals surface area contributed by atoms with Crippen molar-refractivity contribution in [3.8, 4) is 0 Å². The molecule has 9 heteroatoms. The second kappa shape index (κ2) is 10.6. The lowest BCUT2D eigenvalue weighted by atomic mass is 9.97. The molecular formula is C25H35ClN6O2. The summed E-state index contributed by atoms with van der Waals surface area (Å²) in [6, 6.07) is 7.66. The summed E-state index contributed by atoms with van der Waals surface area (Å²) in [6.45, 7) is 6.50. The van der Waals surface area contributed by atoms with E-state index in [1.807, 2.05) is 29.2 Å². The minimum absolute atomic E-state index is 0. The molecule has 1 saturated heterocycles. The highest BCUT2D eigenvalue weighted by Crippen LogP contribution is 2.42. The molecule has 184 valence electrons. The van der Waals surface area contributed by atoms with Crippen LogP contribution in [0.25, 0.3) is 0 Å². The molecule has 3 atom stereocenters. The van der Waals surface area contributed by atoms with Gasteiger partial charge in [0, 0.05) is 43.3 Å². The first-order valence-electron chi connectivity index (χ1n) is 12.0. The molecule has 1 aromatic carbocycles. The summed E-state index contributed by atoms with van der Waals surface area (Å²) < 4.78 is 0. The van der Waals surface area contributed by atoms with Crippen LogP contribution in [-0.4, -0.2) is 65.2 Å². The quantitative estimate of drug-likeness (QED) is 0.549. The summed E-state index contributed by atoms with van der Waals surface area (Å²) in [5.74, 6) is 1.86. The number of carbonyl (C=O) groups is 1. The van der Waals surface area contributed by atoms with E-state index in [0.29, 0.717) is 31.1 Å². The summed E-state index contributed by atoms with van der Waals surface area (Å²) in [6.07, 6.45) is 4.31. The number of nitrogens with zero attached hydrogens (tertiary/aromatic N) is 4. The van der Waals surface area contributed by atoms with Crippen LogP contribution in [0.5, 0.6) is 0 Å². The predicted molar refractivity (Wildman–Crippen MR) is 134 cm³/mol. The number of aromatic nitrogens is 2. The Morgan fingerprint density at radius 1 is 1.18 bits per heavy atom. The monoisotopic (exact) mass is 486 g/mol. The maximum atomic E-state index is 13.6. The molecule has 1 aliphatic heterocycles. The number of rotatable bonds is 7. The second-order valence-corrected chi connectivity index (χ2v) is 10.1. The highest BCUT2D eigenvalue weighted by Gasteiger charge is 2.35. The van der Waals surface area contributed by atoms with E-state index in [1.54, 1.807) is 6.33 Å². The Morgan fingerprint density at radius 2 is 1.88 bits per heavy atom. The smallest absolute Gasteiger partial charge is 0.231 e. The van der Waals surface area contributed by atoms with Crippen molar-refractivity contribution in [3.05, 3.63) is 52.4 Å². The van der Waals surface area contributed by atoms with E-state index < -0.39 is 6.10 Å². The average Bonchev–Trinajstić information content (AvgIpc) is 3.61. The highest BCUT2D eigenvalue weighted by molar-refractivity contribution is 6.30. The lowest BCUT2D eigenvalue weighted by Crippen LogP contribution is -2.51. The first-order chi connectivity index (χ1) is 16.0. The Morgan fingerprint density at radius 3 is 2.56 bits per heavy atom. The number of nitrogens with one attached hydrogen (secondary N) is 1. The molecule has 1 aromatic heterocycles. The number of halogens is 1. The first-order valence-corrected chi connectivity index (χ1v) is 12.4. The topological polar surface area (TPSA) is 117 Å². The molecule has 0 unspecified atom stereocenters. The molecule has 0 radical (unpaired) electrons. The fraction of sp³-hybridized carbons (Fsp3) is 0.560. The Hall–Kier alpha value is -2.26. The van der Waals surface area contributed by atoms with Crippen LogP contribution >= 0.6 is 11.6 Å². The predicted octanol–water partition coefficient (Wildman–Crippen LogP) is 3.26. The molecule has 2 aliphatic carbocycles. The lowest BCUT2D eigenvalue weighted by molar-refractivity contribution is -0.133. The van der Waals surface area contributed by atoms with E-state index in [2.05, 4.69) is 27.1 Å². The van der Waals surface area contributed by atoms with Crippen molar-refractivity contribution >= 4 is 23.3 Å². The normalized spacial score (nSPS) is 22.8. The SMILES string of the molecule is C[C@@H]1C[C@H](O)c2ncnc(N3CCN(C(=O)[C@H](CNCC4CC4)c4ccc(Cl)cc4)CC3)c21.N. The van der Waals surface area contributed by atoms with Crippen LogP contribution in [0.2, 0.25) is 5.02 Å². The molecule has 2 aromatic rings. The third kappa shape index (κ3) is 5.20. The zero-order valence-corrected chi connectivity index (χ0v) is 20.5. The second-order valence-electron chi connectivity index (χ2n) is 9.67. The molecule has 34 heavy (non-hydrogen) atoms. The lowest BCUT2D eigenvalue weighted by Gasteiger charge is -2.38. The van der Waals surface area contributed by atoms with Crippen LogP contribution in [0.1, 0.15) is 60.9 Å². The van der Waals surface area contributed by atoms with Crippen molar-refractivity contribution in [1.82, 2.24) is 26.3 Å². The van der Waals surface area contributed by atoms with Gasteiger partial charge >= 0.3 is 0 Å². The number of anilines is 1. The van der Waals surface area contributed by atoms with E-state index in [0.717, 1.165) is 48.2 Å². The van der Waals surface area contributed by atoms with Crippen molar-refractivity contribution in [2.24, 2.45) is 5.92 Å². The Balaban J connectivity index is 0.00000274. The molecule has 2 heterocycles. The molecule has 2 fully saturated rings. The molecule has 0 bridgehead atoms. The highest BCUT2D eigenvalue weighted by atomic mass is 35.5. The van der Waals surface area contributed by atoms with Crippen LogP contribution in [0.4, 0.5) is 5.82 Å². The third-order valence-corrected chi connectivity index (χ3v) is 7.47. The van der Waals surface area contributed by atoms with Gasteiger partial charge in [-0.05, 0) is 55.3 Å². The van der Waals surface area contributed by atoms with Gasteiger partial charge < -0.3 is 26.4 Å². The van der Waals surface area contributed by atoms with Crippen molar-refractivity contribution in [1.29, 1.82) is 0 Å². The van der Waals surface area contributed by atoms with Crippen LogP contribution in [0, 0.1) is 5.92 Å². The van der Waals surface area contributed by atoms with Gasteiger partial charge in [0.15, 0.2) is 0 Å². The molecule has 5 rings (SSSR count). The zero-order valence-electron chi connectivity index (χ0n) is 19.8. The maximum absolute atomic E-state index is 13.6. The summed E-state index contributed by atoms with van der Waals surface area (Å²) >= 11 is 6.09. The molecular weight excluding hydrogens is 452 g/mol. The van der Waals surface area contributed by atoms with Gasteiger partial charge in [-0.1, -0.05) is 30.7 Å². The summed E-state index contributed by atoms with van der Waals surface area (Å²) in [5.41, 5.74) is 2.83. The van der Waals surface area contributed by atoms with Crippen molar-refractivity contribution in [2.75, 3.05) is 44.2 Å². The number of fused-ring (bicyclic) bond motifs is 1. The van der Waals surface area contributed by atoms with E-state index >= 15 is 0 Å². The van der Waals surface area contributed by atoms with Crippen molar-refractivity contribution in [2.45, 2.75) is 44.1 Å². The van der Waals surface area contributed by atoms with Crippen molar-refractivity contribution in [3.63, 3.8) is 0 Å². The minimum Gasteiger partial charge on any atom is -0.387 e. The molecule has 5 N–H and O–H groups in total. The maximum Gasteiger partial charge on any atom is 0.231 e. The number of aliphatic hydroxyl groups is 1. The van der Waals surface area contributed by atoms with Crippen LogP contribution in [0.3, 0.4) is 0 Å². The van der Waals surface area contributed by atoms with Crippen LogP contribution in [0.15, 0.2) is 30.6 Å². The van der Waals surface area contributed by atoms with Gasteiger partial charge in [-0.25, -0.2) is 9.97 Å². The number of piperazine rings is 1. The minimum atomic E-state index is -0.511. The van der Waals surface area contributed by atoms with Crippen LogP contribution in [-0.2, 0) is 4.79 Å². The fourth-order valence-corrected chi connectivity index (χ4v) is 5.24. The summed E-state index contributed by atoms with van der Waals surface area (Å²) in [4.78, 5) is 26.7. The number of hydrogen-bond acceptors (Lipinski definition) is 7. The molecule has 3 aliphatic rings. The Bertz CT molecular complexity index is 991.